The van der Waals surface area contributed by atoms with Gasteiger partial charge in [-0.05, 0) is 17.6 Å². The standard InChI is InChI=1S/C7H7O2S.C3H7.Al.H/c1-6-2-4-7(5-3-6)10(8)9;1-3-2;;/h2-5H,1H3;3H,1-2H3;;/q-1;;+1;. The van der Waals surface area contributed by atoms with E-state index in [1.54, 1.807) is 24.3 Å². The molecular weight excluding hydrogens is 211 g/mol. The Labute approximate surface area is 95.7 Å². The Kier molecular flexibility index (Phi) is 6.91. The van der Waals surface area contributed by atoms with Gasteiger partial charge in [0, 0.05) is 0 Å². The Morgan fingerprint density at radius 2 is 1.50 bits per heavy atom. The van der Waals surface area contributed by atoms with Crippen LogP contribution in [0.1, 0.15) is 19.4 Å². The summed E-state index contributed by atoms with van der Waals surface area (Å²) in [6.45, 7) is 6.27. The van der Waals surface area contributed by atoms with Crippen molar-refractivity contribution in [3.05, 3.63) is 29.8 Å². The van der Waals surface area contributed by atoms with Crippen molar-refractivity contribution in [1.82, 2.24) is 0 Å². The van der Waals surface area contributed by atoms with E-state index in [0.717, 1.165) is 10.3 Å². The molecule has 0 saturated heterocycles. The van der Waals surface area contributed by atoms with Gasteiger partial charge in [0.15, 0.2) is 0 Å². The van der Waals surface area contributed by atoms with Gasteiger partial charge in [-0.1, -0.05) is 34.7 Å². The fourth-order valence-electron chi connectivity index (χ4n) is 0.649. The van der Waals surface area contributed by atoms with Crippen LogP contribution in [0, 0.1) is 6.92 Å². The fraction of sp³-hybridized carbons (Fsp3) is 0.400. The molecule has 0 aliphatic rings. The Balaban J connectivity index is 0.000000364. The minimum absolute atomic E-state index is 0.339. The maximum atomic E-state index is 10.3. The SMILES string of the molecule is C[CH](C)[AlH+].Cc1ccc([S-](=O)=O)cc1. The van der Waals surface area contributed by atoms with Crippen molar-refractivity contribution < 1.29 is 8.42 Å². The summed E-state index contributed by atoms with van der Waals surface area (Å²) in [4.78, 5) is 0.339. The van der Waals surface area contributed by atoms with Crippen LogP contribution in [0.25, 0.3) is 0 Å². The van der Waals surface area contributed by atoms with Crippen molar-refractivity contribution >= 4 is 27.0 Å². The van der Waals surface area contributed by atoms with Crippen LogP contribution in [0.3, 0.4) is 0 Å². The van der Waals surface area contributed by atoms with Crippen molar-refractivity contribution in [2.24, 2.45) is 0 Å². The van der Waals surface area contributed by atoms with Gasteiger partial charge in [0.1, 0.15) is 0 Å². The zero-order valence-corrected chi connectivity index (χ0v) is 11.0. The quantitative estimate of drug-likeness (QED) is 0.544. The van der Waals surface area contributed by atoms with E-state index < -0.39 is 10.7 Å². The van der Waals surface area contributed by atoms with E-state index in [9.17, 15) is 8.42 Å². The zero-order chi connectivity index (χ0) is 11.1. The van der Waals surface area contributed by atoms with E-state index in [0.29, 0.717) is 4.90 Å². The van der Waals surface area contributed by atoms with E-state index in [4.69, 9.17) is 0 Å². The van der Waals surface area contributed by atoms with Gasteiger partial charge in [0.25, 0.3) is 0 Å². The van der Waals surface area contributed by atoms with Crippen LogP contribution in [-0.4, -0.2) is 16.3 Å². The van der Waals surface area contributed by atoms with Gasteiger partial charge in [0.05, 0.1) is 0 Å². The summed E-state index contributed by atoms with van der Waals surface area (Å²) in [6.07, 6.45) is 0. The number of benzene rings is 1. The smallest absolute Gasteiger partial charge is 0.0398 e. The van der Waals surface area contributed by atoms with Gasteiger partial charge in [-0.25, -0.2) is 0 Å². The van der Waals surface area contributed by atoms with Crippen LogP contribution in [0.2, 0.25) is 4.78 Å². The summed E-state index contributed by atoms with van der Waals surface area (Å²) in [5.41, 5.74) is 1.06. The van der Waals surface area contributed by atoms with E-state index in [-0.39, 0.29) is 0 Å². The van der Waals surface area contributed by atoms with Crippen molar-refractivity contribution in [1.29, 1.82) is 0 Å². The molecule has 1 aromatic carbocycles. The summed E-state index contributed by atoms with van der Waals surface area (Å²) < 4.78 is 21.5. The Morgan fingerprint density at radius 1 is 1.14 bits per heavy atom. The summed E-state index contributed by atoms with van der Waals surface area (Å²) in [5, 5.41) is 0. The van der Waals surface area contributed by atoms with Crippen LogP contribution in [-0.2, 0) is 19.1 Å². The van der Waals surface area contributed by atoms with Crippen LogP contribution >= 0.6 is 0 Å². The largest absolute Gasteiger partial charge is 0.420 e. The second-order valence-corrected chi connectivity index (χ2v) is 6.02. The maximum Gasteiger partial charge on any atom is -0.0398 e. The van der Waals surface area contributed by atoms with E-state index in [2.05, 4.69) is 13.8 Å². The van der Waals surface area contributed by atoms with Crippen molar-refractivity contribution in [3.63, 3.8) is 0 Å². The molecule has 0 N–H and O–H groups in total. The second kappa shape index (κ2) is 7.06. The van der Waals surface area contributed by atoms with Crippen molar-refractivity contribution in [3.8, 4) is 0 Å². The molecule has 0 unspecified atom stereocenters. The van der Waals surface area contributed by atoms with Crippen molar-refractivity contribution in [2.45, 2.75) is 30.4 Å². The molecule has 0 spiro atoms. The van der Waals surface area contributed by atoms with Crippen LogP contribution in [0.5, 0.6) is 0 Å². The predicted octanol–water partition coefficient (Wildman–Crippen LogP) is 2.38. The van der Waals surface area contributed by atoms with Gasteiger partial charge in [-0.15, -0.1) is 0 Å². The number of hydrogen-bond donors (Lipinski definition) is 0. The monoisotopic (exact) mass is 226 g/mol. The van der Waals surface area contributed by atoms with E-state index in [1.165, 1.54) is 0 Å². The Hall–Kier alpha value is -0.298. The average molecular weight is 226 g/mol. The van der Waals surface area contributed by atoms with Gasteiger partial charge < -0.3 is 8.42 Å². The maximum absolute atomic E-state index is 10.3. The molecule has 0 heterocycles. The molecule has 0 saturated carbocycles. The molecule has 0 aliphatic heterocycles. The molecule has 0 fully saturated rings. The first-order chi connectivity index (χ1) is 6.43. The molecule has 0 aromatic heterocycles. The molecule has 0 amide bonds. The van der Waals surface area contributed by atoms with Gasteiger partial charge >= 0.3 is 34.9 Å². The van der Waals surface area contributed by atoms with E-state index >= 15 is 0 Å². The van der Waals surface area contributed by atoms with Crippen LogP contribution < -0.4 is 0 Å². The molecule has 4 heteroatoms. The molecule has 1 aromatic rings. The molecule has 14 heavy (non-hydrogen) atoms. The predicted molar refractivity (Wildman–Crippen MR) is 60.4 cm³/mol. The fourth-order valence-corrected chi connectivity index (χ4v) is 1.01. The molecule has 0 bridgehead atoms. The number of rotatable bonds is 1. The van der Waals surface area contributed by atoms with Gasteiger partial charge in [-0.2, -0.15) is 0 Å². The minimum Gasteiger partial charge on any atom is -0.420 e. The second-order valence-electron chi connectivity index (χ2n) is 3.44. The van der Waals surface area contributed by atoms with E-state index in [1.807, 2.05) is 23.2 Å². The summed E-state index contributed by atoms with van der Waals surface area (Å²) in [6, 6.07) is 6.70. The first-order valence-corrected chi connectivity index (χ1v) is 6.31. The normalized spacial score (nSPS) is 9.71. The molecular formula is C10H15AlO2S. The first-order valence-electron chi connectivity index (χ1n) is 4.42. The van der Waals surface area contributed by atoms with Gasteiger partial charge in [-0.3, -0.25) is 0 Å². The first kappa shape index (κ1) is 13.7. The topological polar surface area (TPSA) is 34.1 Å². The van der Waals surface area contributed by atoms with Crippen LogP contribution in [0.15, 0.2) is 29.2 Å². The minimum atomic E-state index is -2.09. The molecule has 0 atom stereocenters. The summed E-state index contributed by atoms with van der Waals surface area (Å²) >= 11 is 2.00. The third-order valence-electron chi connectivity index (χ3n) is 1.21. The Bertz CT molecular complexity index is 318. The molecule has 0 radical (unpaired) electrons. The molecule has 2 nitrogen and oxygen atoms in total. The van der Waals surface area contributed by atoms with Gasteiger partial charge in [0.2, 0.25) is 0 Å². The third kappa shape index (κ3) is 7.14. The molecule has 0 aliphatic carbocycles. The summed E-state index contributed by atoms with van der Waals surface area (Å²) in [7, 11) is -2.09. The molecule has 1 rings (SSSR count). The van der Waals surface area contributed by atoms with Crippen LogP contribution in [0.4, 0.5) is 0 Å². The van der Waals surface area contributed by atoms with Crippen molar-refractivity contribution in [2.75, 3.05) is 0 Å². The number of hydrogen-bond acceptors (Lipinski definition) is 3. The third-order valence-corrected chi connectivity index (χ3v) is 1.87. The number of aryl methyl sites for hydroxylation is 1. The molecule has 76 valence electrons. The summed E-state index contributed by atoms with van der Waals surface area (Å²) in [5.74, 6) is 0. The average Bonchev–Trinajstić information content (AvgIpc) is 2.03. The Morgan fingerprint density at radius 3 is 1.79 bits per heavy atom. The zero-order valence-electron chi connectivity index (χ0n) is 8.82.